The Morgan fingerprint density at radius 2 is 1.71 bits per heavy atom. The molecule has 2 aromatic rings. The molecule has 0 N–H and O–H groups in total. The molecule has 1 aromatic carbocycles. The van der Waals surface area contributed by atoms with Gasteiger partial charge in [-0.2, -0.15) is 13.2 Å². The molecule has 0 aliphatic rings. The number of Topliss-reactive ketones (excluding diaryl/α,β-unsaturated/α-hetero) is 1. The number of ketones is 1. The van der Waals surface area contributed by atoms with Crippen LogP contribution in [0.15, 0.2) is 30.3 Å². The zero-order valence-corrected chi connectivity index (χ0v) is 11.8. The summed E-state index contributed by atoms with van der Waals surface area (Å²) in [5, 5.41) is 0. The maximum atomic E-state index is 12.6. The fraction of sp³-hybridized carbons (Fsp3) is 0.267. The normalized spacial score (nSPS) is 11.5. The van der Waals surface area contributed by atoms with Crippen molar-refractivity contribution < 1.29 is 22.7 Å². The lowest BCUT2D eigenvalue weighted by Crippen LogP contribution is -2.23. The molecule has 1 aromatic heterocycles. The molecule has 0 spiro atoms. The van der Waals surface area contributed by atoms with E-state index in [1.807, 2.05) is 0 Å². The SMILES string of the molecule is COc1ccc(-n2c(C)cc(C(=O)C(F)(F)F)c2C)cc1. The lowest BCUT2D eigenvalue weighted by molar-refractivity contribution is -0.0885. The largest absolute Gasteiger partial charge is 0.497 e. The van der Waals surface area contributed by atoms with Gasteiger partial charge in [-0.25, -0.2) is 0 Å². The van der Waals surface area contributed by atoms with Crippen molar-refractivity contribution in [2.75, 3.05) is 7.11 Å². The number of methoxy groups -OCH3 is 1. The molecule has 3 nitrogen and oxygen atoms in total. The van der Waals surface area contributed by atoms with E-state index in [1.54, 1.807) is 35.8 Å². The van der Waals surface area contributed by atoms with Gasteiger partial charge in [-0.05, 0) is 44.2 Å². The summed E-state index contributed by atoms with van der Waals surface area (Å²) < 4.78 is 44.4. The molecule has 0 aliphatic carbocycles. The average molecular weight is 297 g/mol. The highest BCUT2D eigenvalue weighted by atomic mass is 19.4. The molecule has 21 heavy (non-hydrogen) atoms. The number of ether oxygens (including phenoxy) is 1. The molecule has 0 atom stereocenters. The maximum absolute atomic E-state index is 12.6. The fourth-order valence-electron chi connectivity index (χ4n) is 2.27. The van der Waals surface area contributed by atoms with Gasteiger partial charge >= 0.3 is 6.18 Å². The quantitative estimate of drug-likeness (QED) is 0.806. The monoisotopic (exact) mass is 297 g/mol. The number of hydrogen-bond donors (Lipinski definition) is 0. The molecule has 2 rings (SSSR count). The number of carbonyl (C=O) groups excluding carboxylic acids is 1. The van der Waals surface area contributed by atoms with Gasteiger partial charge in [-0.3, -0.25) is 4.79 Å². The van der Waals surface area contributed by atoms with Crippen molar-refractivity contribution in [3.05, 3.63) is 47.3 Å². The Balaban J connectivity index is 2.51. The molecule has 0 bridgehead atoms. The standard InChI is InChI=1S/C15H14F3NO2/c1-9-8-13(14(20)15(16,17)18)10(2)19(9)11-4-6-12(21-3)7-5-11/h4-8H,1-3H3. The van der Waals surface area contributed by atoms with Crippen LogP contribution in [0.3, 0.4) is 0 Å². The predicted octanol–water partition coefficient (Wildman–Crippen LogP) is 3.85. The number of hydrogen-bond acceptors (Lipinski definition) is 2. The summed E-state index contributed by atoms with van der Waals surface area (Å²) in [6, 6.07) is 8.12. The van der Waals surface area contributed by atoms with E-state index in [4.69, 9.17) is 4.74 Å². The lowest BCUT2D eigenvalue weighted by Gasteiger charge is -2.11. The van der Waals surface area contributed by atoms with Crippen molar-refractivity contribution in [2.24, 2.45) is 0 Å². The molecule has 0 amide bonds. The second kappa shape index (κ2) is 5.27. The molecule has 0 saturated carbocycles. The van der Waals surface area contributed by atoms with Gasteiger partial charge in [0.25, 0.3) is 5.78 Å². The number of rotatable bonds is 3. The first-order valence-corrected chi connectivity index (χ1v) is 6.20. The van der Waals surface area contributed by atoms with Crippen LogP contribution in [0.1, 0.15) is 21.7 Å². The average Bonchev–Trinajstić information content (AvgIpc) is 2.72. The summed E-state index contributed by atoms with van der Waals surface area (Å²) in [4.78, 5) is 11.4. The Hall–Kier alpha value is -2.24. The number of carbonyl (C=O) groups is 1. The minimum Gasteiger partial charge on any atom is -0.497 e. The van der Waals surface area contributed by atoms with Crippen LogP contribution >= 0.6 is 0 Å². The van der Waals surface area contributed by atoms with Crippen molar-refractivity contribution in [2.45, 2.75) is 20.0 Å². The first-order chi connectivity index (χ1) is 9.75. The zero-order chi connectivity index (χ0) is 15.8. The van der Waals surface area contributed by atoms with Crippen LogP contribution in [0.25, 0.3) is 5.69 Å². The second-order valence-electron chi connectivity index (χ2n) is 4.65. The zero-order valence-electron chi connectivity index (χ0n) is 11.8. The minimum absolute atomic E-state index is 0.264. The van der Waals surface area contributed by atoms with E-state index in [1.165, 1.54) is 20.1 Å². The molecular weight excluding hydrogens is 283 g/mol. The van der Waals surface area contributed by atoms with Crippen molar-refractivity contribution in [1.82, 2.24) is 4.57 Å². The number of alkyl halides is 3. The number of halogens is 3. The third-order valence-electron chi connectivity index (χ3n) is 3.26. The summed E-state index contributed by atoms with van der Waals surface area (Å²) in [7, 11) is 1.53. The van der Waals surface area contributed by atoms with Gasteiger partial charge < -0.3 is 9.30 Å². The summed E-state index contributed by atoms with van der Waals surface area (Å²) in [5.74, 6) is -1.18. The molecule has 0 fully saturated rings. The van der Waals surface area contributed by atoms with Crippen molar-refractivity contribution in [3.8, 4) is 11.4 Å². The highest BCUT2D eigenvalue weighted by molar-refractivity contribution is 6.01. The third kappa shape index (κ3) is 2.79. The maximum Gasteiger partial charge on any atom is 0.454 e. The Bertz CT molecular complexity index is 669. The summed E-state index contributed by atoms with van der Waals surface area (Å²) in [6.45, 7) is 3.15. The van der Waals surface area contributed by atoms with Crippen molar-refractivity contribution >= 4 is 5.78 Å². The number of aryl methyl sites for hydroxylation is 1. The summed E-state index contributed by atoms with van der Waals surface area (Å²) >= 11 is 0. The van der Waals surface area contributed by atoms with E-state index in [-0.39, 0.29) is 11.3 Å². The van der Waals surface area contributed by atoms with Gasteiger partial charge in [0.15, 0.2) is 0 Å². The van der Waals surface area contributed by atoms with Crippen LogP contribution in [0.2, 0.25) is 0 Å². The van der Waals surface area contributed by atoms with Crippen LogP contribution in [0.5, 0.6) is 5.75 Å². The number of benzene rings is 1. The van der Waals surface area contributed by atoms with E-state index >= 15 is 0 Å². The summed E-state index contributed by atoms with van der Waals surface area (Å²) in [5.41, 5.74) is 1.17. The van der Waals surface area contributed by atoms with Gasteiger partial charge in [0.2, 0.25) is 0 Å². The van der Waals surface area contributed by atoms with Crippen LogP contribution in [-0.4, -0.2) is 23.6 Å². The fourth-order valence-corrected chi connectivity index (χ4v) is 2.27. The van der Waals surface area contributed by atoms with Gasteiger partial charge in [-0.15, -0.1) is 0 Å². The Morgan fingerprint density at radius 3 is 2.19 bits per heavy atom. The molecule has 6 heteroatoms. The molecule has 1 heterocycles. The van der Waals surface area contributed by atoms with Crippen molar-refractivity contribution in [3.63, 3.8) is 0 Å². The van der Waals surface area contributed by atoms with E-state index < -0.39 is 12.0 Å². The highest BCUT2D eigenvalue weighted by Gasteiger charge is 2.41. The molecule has 0 saturated heterocycles. The van der Waals surface area contributed by atoms with E-state index in [0.717, 1.165) is 0 Å². The predicted molar refractivity (Wildman–Crippen MR) is 72.2 cm³/mol. The van der Waals surface area contributed by atoms with Crippen molar-refractivity contribution in [1.29, 1.82) is 0 Å². The smallest absolute Gasteiger partial charge is 0.454 e. The Labute approximate surface area is 120 Å². The van der Waals surface area contributed by atoms with Gasteiger partial charge in [0, 0.05) is 22.6 Å². The van der Waals surface area contributed by atoms with Crippen LogP contribution in [-0.2, 0) is 0 Å². The summed E-state index contributed by atoms with van der Waals surface area (Å²) in [6.07, 6.45) is -4.87. The first kappa shape index (κ1) is 15.2. The minimum atomic E-state index is -4.87. The Morgan fingerprint density at radius 1 is 1.14 bits per heavy atom. The molecule has 112 valence electrons. The Kier molecular flexibility index (Phi) is 3.80. The second-order valence-corrected chi connectivity index (χ2v) is 4.65. The van der Waals surface area contributed by atoms with Gasteiger partial charge in [-0.1, -0.05) is 0 Å². The van der Waals surface area contributed by atoms with Gasteiger partial charge in [0.1, 0.15) is 5.75 Å². The molecular formula is C15H14F3NO2. The highest BCUT2D eigenvalue weighted by Crippen LogP contribution is 2.28. The van der Waals surface area contributed by atoms with Crippen LogP contribution < -0.4 is 4.74 Å². The third-order valence-corrected chi connectivity index (χ3v) is 3.26. The van der Waals surface area contributed by atoms with E-state index in [2.05, 4.69) is 0 Å². The molecule has 0 aliphatic heterocycles. The number of nitrogens with zero attached hydrogens (tertiary/aromatic N) is 1. The topological polar surface area (TPSA) is 31.2 Å². The van der Waals surface area contributed by atoms with Crippen LogP contribution in [0, 0.1) is 13.8 Å². The number of aromatic nitrogens is 1. The van der Waals surface area contributed by atoms with Crippen LogP contribution in [0.4, 0.5) is 13.2 Å². The van der Waals surface area contributed by atoms with E-state index in [0.29, 0.717) is 17.1 Å². The molecule has 0 radical (unpaired) electrons. The van der Waals surface area contributed by atoms with Gasteiger partial charge in [0.05, 0.1) is 7.11 Å². The lowest BCUT2D eigenvalue weighted by atomic mass is 10.1. The first-order valence-electron chi connectivity index (χ1n) is 6.20. The molecule has 0 unspecified atom stereocenters. The van der Waals surface area contributed by atoms with E-state index in [9.17, 15) is 18.0 Å².